The number of hydrogen-bond acceptors (Lipinski definition) is 6. The number of aliphatic hydroxyl groups is 1. The highest BCUT2D eigenvalue weighted by molar-refractivity contribution is 5.94. The van der Waals surface area contributed by atoms with E-state index < -0.39 is 5.60 Å². The van der Waals surface area contributed by atoms with E-state index in [0.29, 0.717) is 43.0 Å². The second kappa shape index (κ2) is 7.24. The Balaban J connectivity index is 1.63. The largest absolute Gasteiger partial charge is 0.493 e. The van der Waals surface area contributed by atoms with Gasteiger partial charge in [-0.15, -0.1) is 5.10 Å². The van der Waals surface area contributed by atoms with Crippen molar-refractivity contribution in [2.45, 2.75) is 18.4 Å². The van der Waals surface area contributed by atoms with Crippen LogP contribution in [0.5, 0.6) is 11.5 Å². The lowest BCUT2D eigenvalue weighted by molar-refractivity contribution is 0.0114. The van der Waals surface area contributed by atoms with Gasteiger partial charge in [-0.2, -0.15) is 5.10 Å². The van der Waals surface area contributed by atoms with Crippen LogP contribution in [0.15, 0.2) is 42.6 Å². The standard InChI is InChI=1S/C21H22FN3O3/c1-27-18-10-14-13-23-24-20(17(14)12-19(18)28-2)25-8-6-21(26,7-9-25)15-4-3-5-16(22)11-15/h3-5,10-13,26H,6-9H2,1-2H3. The fourth-order valence-electron chi connectivity index (χ4n) is 3.78. The van der Waals surface area contributed by atoms with Crippen LogP contribution in [-0.4, -0.2) is 42.6 Å². The minimum absolute atomic E-state index is 0.339. The Bertz CT molecular complexity index is 1000. The van der Waals surface area contributed by atoms with E-state index in [9.17, 15) is 9.50 Å². The number of hydrogen-bond donors (Lipinski definition) is 1. The molecule has 0 spiro atoms. The molecule has 2 heterocycles. The fraction of sp³-hybridized carbons (Fsp3) is 0.333. The summed E-state index contributed by atoms with van der Waals surface area (Å²) in [6, 6.07) is 9.96. The summed E-state index contributed by atoms with van der Waals surface area (Å²) in [5.41, 5.74) is -0.431. The molecule has 1 aromatic heterocycles. The SMILES string of the molecule is COc1cc2cnnc(N3CCC(O)(c4cccc(F)c4)CC3)c2cc1OC. The minimum Gasteiger partial charge on any atom is -0.493 e. The molecule has 146 valence electrons. The molecular formula is C21H22FN3O3. The van der Waals surface area contributed by atoms with Gasteiger partial charge in [0.15, 0.2) is 17.3 Å². The van der Waals surface area contributed by atoms with Gasteiger partial charge in [0.1, 0.15) is 5.82 Å². The van der Waals surface area contributed by atoms with E-state index in [1.807, 2.05) is 12.1 Å². The third-order valence-corrected chi connectivity index (χ3v) is 5.40. The number of halogens is 1. The third-order valence-electron chi connectivity index (χ3n) is 5.40. The summed E-state index contributed by atoms with van der Waals surface area (Å²) in [5.74, 6) is 1.65. The number of methoxy groups -OCH3 is 2. The molecule has 1 aliphatic heterocycles. The van der Waals surface area contributed by atoms with E-state index in [1.54, 1.807) is 32.5 Å². The van der Waals surface area contributed by atoms with Gasteiger partial charge >= 0.3 is 0 Å². The maximum Gasteiger partial charge on any atom is 0.161 e. The van der Waals surface area contributed by atoms with E-state index in [4.69, 9.17) is 9.47 Å². The Kier molecular flexibility index (Phi) is 4.77. The van der Waals surface area contributed by atoms with Gasteiger partial charge in [0, 0.05) is 23.9 Å². The number of rotatable bonds is 4. The van der Waals surface area contributed by atoms with Gasteiger partial charge in [-0.25, -0.2) is 4.39 Å². The van der Waals surface area contributed by atoms with Crippen molar-refractivity contribution in [1.29, 1.82) is 0 Å². The topological polar surface area (TPSA) is 67.7 Å². The molecule has 1 fully saturated rings. The van der Waals surface area contributed by atoms with Crippen molar-refractivity contribution < 1.29 is 19.0 Å². The summed E-state index contributed by atoms with van der Waals surface area (Å²) >= 11 is 0. The Morgan fingerprint density at radius 1 is 1.07 bits per heavy atom. The summed E-state index contributed by atoms with van der Waals surface area (Å²) in [4.78, 5) is 2.09. The quantitative estimate of drug-likeness (QED) is 0.746. The molecule has 3 aromatic rings. The van der Waals surface area contributed by atoms with Gasteiger partial charge < -0.3 is 19.5 Å². The van der Waals surface area contributed by atoms with E-state index in [1.165, 1.54) is 12.1 Å². The molecule has 1 aliphatic rings. The maximum atomic E-state index is 13.6. The van der Waals surface area contributed by atoms with Crippen LogP contribution < -0.4 is 14.4 Å². The molecule has 0 unspecified atom stereocenters. The van der Waals surface area contributed by atoms with Crippen LogP contribution in [0.1, 0.15) is 18.4 Å². The molecule has 2 aromatic carbocycles. The third kappa shape index (κ3) is 3.22. The van der Waals surface area contributed by atoms with Crippen molar-refractivity contribution in [2.24, 2.45) is 0 Å². The highest BCUT2D eigenvalue weighted by Crippen LogP contribution is 2.38. The van der Waals surface area contributed by atoms with Gasteiger partial charge in [0.05, 0.1) is 26.0 Å². The highest BCUT2D eigenvalue weighted by atomic mass is 19.1. The molecule has 4 rings (SSSR count). The summed E-state index contributed by atoms with van der Waals surface area (Å²) in [5, 5.41) is 21.3. The van der Waals surface area contributed by atoms with Crippen LogP contribution in [0.25, 0.3) is 10.8 Å². The van der Waals surface area contributed by atoms with E-state index in [-0.39, 0.29) is 5.82 Å². The number of fused-ring (bicyclic) bond motifs is 1. The van der Waals surface area contributed by atoms with Crippen molar-refractivity contribution in [2.75, 3.05) is 32.2 Å². The molecule has 1 saturated heterocycles. The smallest absolute Gasteiger partial charge is 0.161 e. The molecule has 6 nitrogen and oxygen atoms in total. The van der Waals surface area contributed by atoms with Crippen molar-refractivity contribution in [3.05, 3.63) is 54.0 Å². The molecular weight excluding hydrogens is 361 g/mol. The Morgan fingerprint density at radius 3 is 2.46 bits per heavy atom. The highest BCUT2D eigenvalue weighted by Gasteiger charge is 2.35. The molecule has 0 bridgehead atoms. The van der Waals surface area contributed by atoms with Crippen molar-refractivity contribution in [3.8, 4) is 11.5 Å². The van der Waals surface area contributed by atoms with Crippen molar-refractivity contribution in [1.82, 2.24) is 10.2 Å². The summed E-state index contributed by atoms with van der Waals surface area (Å²) in [6.45, 7) is 1.16. The molecule has 0 radical (unpaired) electrons. The van der Waals surface area contributed by atoms with Gasteiger partial charge in [0.2, 0.25) is 0 Å². The predicted octanol–water partition coefficient (Wildman–Crippen LogP) is 3.27. The summed E-state index contributed by atoms with van der Waals surface area (Å²) in [7, 11) is 3.19. The summed E-state index contributed by atoms with van der Waals surface area (Å²) < 4.78 is 24.4. The number of piperidine rings is 1. The average molecular weight is 383 g/mol. The molecule has 0 aliphatic carbocycles. The Labute approximate surface area is 162 Å². The number of nitrogens with zero attached hydrogens (tertiary/aromatic N) is 3. The van der Waals surface area contributed by atoms with Crippen LogP contribution in [0, 0.1) is 5.82 Å². The van der Waals surface area contributed by atoms with E-state index >= 15 is 0 Å². The van der Waals surface area contributed by atoms with Crippen LogP contribution in [0.3, 0.4) is 0 Å². The first-order chi connectivity index (χ1) is 13.5. The molecule has 0 amide bonds. The van der Waals surface area contributed by atoms with Gasteiger partial charge in [-0.05, 0) is 42.7 Å². The Morgan fingerprint density at radius 2 is 1.79 bits per heavy atom. The second-order valence-electron chi connectivity index (χ2n) is 6.99. The average Bonchev–Trinajstić information content (AvgIpc) is 2.73. The molecule has 7 heteroatoms. The van der Waals surface area contributed by atoms with Crippen LogP contribution in [-0.2, 0) is 5.60 Å². The molecule has 0 saturated carbocycles. The zero-order chi connectivity index (χ0) is 19.7. The Hall–Kier alpha value is -2.93. The van der Waals surface area contributed by atoms with E-state index in [2.05, 4.69) is 15.1 Å². The van der Waals surface area contributed by atoms with Crippen molar-refractivity contribution in [3.63, 3.8) is 0 Å². The normalized spacial score (nSPS) is 16.2. The number of aromatic nitrogens is 2. The van der Waals surface area contributed by atoms with Crippen molar-refractivity contribution >= 4 is 16.6 Å². The first-order valence-corrected chi connectivity index (χ1v) is 9.15. The monoisotopic (exact) mass is 383 g/mol. The first kappa shape index (κ1) is 18.4. The molecule has 28 heavy (non-hydrogen) atoms. The number of anilines is 1. The van der Waals surface area contributed by atoms with Gasteiger partial charge in [0.25, 0.3) is 0 Å². The lowest BCUT2D eigenvalue weighted by atomic mass is 9.84. The van der Waals surface area contributed by atoms with Crippen LogP contribution in [0.4, 0.5) is 10.2 Å². The zero-order valence-corrected chi connectivity index (χ0v) is 15.9. The summed E-state index contributed by atoms with van der Waals surface area (Å²) in [6.07, 6.45) is 2.64. The number of ether oxygens (including phenoxy) is 2. The van der Waals surface area contributed by atoms with Crippen LogP contribution in [0.2, 0.25) is 0 Å². The fourth-order valence-corrected chi connectivity index (χ4v) is 3.78. The molecule has 0 atom stereocenters. The minimum atomic E-state index is -1.04. The first-order valence-electron chi connectivity index (χ1n) is 9.15. The maximum absolute atomic E-state index is 13.6. The second-order valence-corrected chi connectivity index (χ2v) is 6.99. The molecule has 1 N–H and O–H groups in total. The van der Waals surface area contributed by atoms with Gasteiger partial charge in [-0.1, -0.05) is 12.1 Å². The zero-order valence-electron chi connectivity index (χ0n) is 15.9. The lowest BCUT2D eigenvalue weighted by Crippen LogP contribution is -2.43. The van der Waals surface area contributed by atoms with Gasteiger partial charge in [-0.3, -0.25) is 0 Å². The van der Waals surface area contributed by atoms with Crippen LogP contribution >= 0.6 is 0 Å². The predicted molar refractivity (Wildman–Crippen MR) is 104 cm³/mol. The lowest BCUT2D eigenvalue weighted by Gasteiger charge is -2.39. The van der Waals surface area contributed by atoms with E-state index in [0.717, 1.165) is 16.6 Å². The number of benzene rings is 2.